The van der Waals surface area contributed by atoms with Gasteiger partial charge in [0, 0.05) is 63.8 Å². The van der Waals surface area contributed by atoms with E-state index in [9.17, 15) is 35.1 Å². The molecule has 0 radical (unpaired) electrons. The van der Waals surface area contributed by atoms with Crippen molar-refractivity contribution in [3.8, 4) is 5.69 Å². The molecule has 0 aliphatic carbocycles. The van der Waals surface area contributed by atoms with Crippen LogP contribution < -0.4 is 0 Å². The Balaban J connectivity index is 1.17. The van der Waals surface area contributed by atoms with Gasteiger partial charge in [-0.15, -0.1) is 10.2 Å². The number of aliphatic hydroxyl groups excluding tert-OH is 3. The van der Waals surface area contributed by atoms with Crippen molar-refractivity contribution in [1.82, 2.24) is 39.8 Å². The third-order valence-corrected chi connectivity index (χ3v) is 16.4. The van der Waals surface area contributed by atoms with E-state index in [1.54, 1.807) is 52.4 Å². The van der Waals surface area contributed by atoms with E-state index < -0.39 is 102 Å². The number of hydrogen-bond donors (Lipinski definition) is 5. The molecule has 3 aliphatic rings. The van der Waals surface area contributed by atoms with Gasteiger partial charge in [0.1, 0.15) is 35.7 Å². The molecular weight excluding hydrogens is 969 g/mol. The zero-order valence-corrected chi connectivity index (χ0v) is 46.6. The molecule has 6 rings (SSSR count). The van der Waals surface area contributed by atoms with E-state index in [0.29, 0.717) is 38.8 Å². The summed E-state index contributed by atoms with van der Waals surface area (Å²) in [5, 5.41) is 76.4. The topological polar surface area (TPSA) is 259 Å². The summed E-state index contributed by atoms with van der Waals surface area (Å²) in [5.41, 5.74) is -1.41. The van der Waals surface area contributed by atoms with Crippen molar-refractivity contribution in [2.75, 3.05) is 34.3 Å². The van der Waals surface area contributed by atoms with E-state index in [1.165, 1.54) is 19.6 Å². The minimum Gasteiger partial charge on any atom is -0.459 e. The van der Waals surface area contributed by atoms with E-state index in [-0.39, 0.29) is 37.0 Å². The molecule has 18 atom stereocenters. The Morgan fingerprint density at radius 2 is 1.61 bits per heavy atom. The molecule has 0 bridgehead atoms. The van der Waals surface area contributed by atoms with Crippen molar-refractivity contribution in [2.24, 2.45) is 17.8 Å². The van der Waals surface area contributed by atoms with Crippen molar-refractivity contribution >= 4 is 12.3 Å². The summed E-state index contributed by atoms with van der Waals surface area (Å²) in [7, 11) is 5.29. The van der Waals surface area contributed by atoms with Crippen LogP contribution in [0.5, 0.6) is 0 Å². The van der Waals surface area contributed by atoms with Gasteiger partial charge in [0.15, 0.2) is 18.9 Å². The lowest BCUT2D eigenvalue weighted by Gasteiger charge is -2.49. The Hall–Kier alpha value is -3.84. The molecule has 1 aromatic carbocycles. The predicted molar refractivity (Wildman–Crippen MR) is 277 cm³/mol. The lowest BCUT2D eigenvalue weighted by atomic mass is 9.77. The van der Waals surface area contributed by atoms with Crippen molar-refractivity contribution in [1.29, 1.82) is 0 Å². The van der Waals surface area contributed by atoms with Crippen molar-refractivity contribution in [3.05, 3.63) is 53.6 Å². The van der Waals surface area contributed by atoms with E-state index in [1.807, 2.05) is 62.8 Å². The van der Waals surface area contributed by atoms with Gasteiger partial charge in [-0.2, -0.15) is 0 Å². The summed E-state index contributed by atoms with van der Waals surface area (Å²) >= 11 is 0. The van der Waals surface area contributed by atoms with Crippen LogP contribution in [0.25, 0.3) is 5.69 Å². The highest BCUT2D eigenvalue weighted by Gasteiger charge is 2.53. The summed E-state index contributed by atoms with van der Waals surface area (Å²) in [4.78, 5) is 29.5. The Morgan fingerprint density at radius 1 is 0.907 bits per heavy atom. The SMILES string of the molecule is CC[C@H]1OC(=O)[C@H](C)[C@@H](OC2C[C@@](C)(OC)[C@@H](O)[C@H](C)O2)[C@H](C)[C@@H](O[C@@H]2O[C@H](C)C[C@H](N(C)CCc3cn(CCCCc4ccc(-n5cc(C=O)nn5)cc4)nn3)[C@H]2O)[C@](C)(O)C[C@@H](C)CN(C)[C@H](C)[C@@H](O)[C@]1(C)O. The minimum absolute atomic E-state index is 0.101. The number of carbonyl (C=O) groups excluding carboxylic acids is 2. The largest absolute Gasteiger partial charge is 0.459 e. The summed E-state index contributed by atoms with van der Waals surface area (Å²) in [5.74, 6) is -2.78. The Labute approximate surface area is 443 Å². The van der Waals surface area contributed by atoms with Crippen LogP contribution in [-0.2, 0) is 52.6 Å². The number of ether oxygens (including phenoxy) is 6. The van der Waals surface area contributed by atoms with Crippen LogP contribution in [0, 0.1) is 17.8 Å². The third kappa shape index (κ3) is 14.7. The summed E-state index contributed by atoms with van der Waals surface area (Å²) < 4.78 is 41.8. The minimum atomic E-state index is -1.84. The number of esters is 1. The molecule has 21 nitrogen and oxygen atoms in total. The number of aldehydes is 1. The fourth-order valence-corrected chi connectivity index (χ4v) is 11.6. The van der Waals surface area contributed by atoms with Gasteiger partial charge in [0.25, 0.3) is 0 Å². The maximum atomic E-state index is 14.5. The van der Waals surface area contributed by atoms with E-state index in [0.717, 1.165) is 30.6 Å². The van der Waals surface area contributed by atoms with Gasteiger partial charge >= 0.3 is 5.97 Å². The standard InChI is InChI=1S/C54H88N8O13/c1-14-43-54(10,69)47(65)36(6)60(12)28-32(2)26-52(8,68)49(34(4)46(35(5)50(67)73-43)74-44-27-53(9,70-13)48(66)37(7)72-44)75-51-45(64)42(25-33(3)71-51)59(11)24-22-39-29-61(57-55-39)23-16-15-17-38-18-20-41(21-19-38)62-30-40(31-63)56-58-62/h18-21,29-37,42-49,51,64-66,68-69H,14-17,22-28H2,1-13H3/t32-,33-,34+,35-,36-,37+,42+,43-,44?,45-,46+,47-,48+,49-,51+,52-,53-,54-/m1/s1. The van der Waals surface area contributed by atoms with Gasteiger partial charge in [0.2, 0.25) is 0 Å². The number of rotatable bonds is 17. The predicted octanol–water partition coefficient (Wildman–Crippen LogP) is 3.52. The zero-order valence-electron chi connectivity index (χ0n) is 46.6. The summed E-state index contributed by atoms with van der Waals surface area (Å²) in [6, 6.07) is 7.03. The van der Waals surface area contributed by atoms with E-state index >= 15 is 0 Å². The summed E-state index contributed by atoms with van der Waals surface area (Å²) in [6.07, 6.45) is -1.50. The quantitative estimate of drug-likeness (QED) is 0.0736. The molecule has 21 heteroatoms. The van der Waals surface area contributed by atoms with E-state index in [4.69, 9.17) is 28.4 Å². The Bertz CT molecular complexity index is 2260. The monoisotopic (exact) mass is 1060 g/mol. The van der Waals surface area contributed by atoms with Crippen LogP contribution in [0.2, 0.25) is 0 Å². The first kappa shape index (κ1) is 60.4. The highest BCUT2D eigenvalue weighted by molar-refractivity contribution is 5.73. The number of likely N-dealkylation sites (N-methyl/N-ethyl adjacent to an activating group) is 2. The molecule has 3 fully saturated rings. The summed E-state index contributed by atoms with van der Waals surface area (Å²) in [6.45, 7) is 19.3. The first-order valence-electron chi connectivity index (χ1n) is 26.9. The molecule has 3 saturated heterocycles. The van der Waals surface area contributed by atoms with Crippen molar-refractivity contribution < 1.29 is 63.5 Å². The number of aryl methyl sites for hydroxylation is 2. The number of nitrogens with zero attached hydrogens (tertiary/aromatic N) is 8. The number of benzene rings is 1. The van der Waals surface area contributed by atoms with Gasteiger partial charge in [-0.3, -0.25) is 14.3 Å². The van der Waals surface area contributed by atoms with Gasteiger partial charge in [0.05, 0.1) is 59.1 Å². The lowest BCUT2D eigenvalue weighted by Crippen LogP contribution is -2.61. The normalized spacial score (nSPS) is 38.0. The molecule has 3 aromatic rings. The Morgan fingerprint density at radius 3 is 2.27 bits per heavy atom. The first-order valence-corrected chi connectivity index (χ1v) is 26.9. The smallest absolute Gasteiger partial charge is 0.311 e. The molecule has 1 unspecified atom stereocenters. The molecule has 2 aromatic heterocycles. The molecule has 0 amide bonds. The van der Waals surface area contributed by atoms with Crippen molar-refractivity contribution in [2.45, 2.75) is 217 Å². The average molecular weight is 1060 g/mol. The lowest BCUT2D eigenvalue weighted by molar-refractivity contribution is -0.318. The van der Waals surface area contributed by atoms with Gasteiger partial charge in [-0.1, -0.05) is 43.3 Å². The zero-order chi connectivity index (χ0) is 55.2. The number of aromatic nitrogens is 6. The van der Waals surface area contributed by atoms with Gasteiger partial charge in [-0.25, -0.2) is 4.68 Å². The van der Waals surface area contributed by atoms with Crippen LogP contribution in [0.3, 0.4) is 0 Å². The fraction of sp³-hybridized carbons (Fsp3) is 0.778. The van der Waals surface area contributed by atoms with Crippen LogP contribution >= 0.6 is 0 Å². The molecule has 5 N–H and O–H groups in total. The fourth-order valence-electron chi connectivity index (χ4n) is 11.6. The molecule has 0 saturated carbocycles. The van der Waals surface area contributed by atoms with E-state index in [2.05, 4.69) is 37.7 Å². The molecule has 3 aliphatic heterocycles. The maximum absolute atomic E-state index is 14.5. The molecular formula is C54H88N8O13. The number of aliphatic hydroxyl groups is 5. The number of hydrogen-bond acceptors (Lipinski definition) is 19. The average Bonchev–Trinajstić information content (AvgIpc) is 4.06. The second-order valence-corrected chi connectivity index (χ2v) is 22.7. The van der Waals surface area contributed by atoms with Gasteiger partial charge < -0.3 is 63.8 Å². The van der Waals surface area contributed by atoms with Crippen molar-refractivity contribution in [3.63, 3.8) is 0 Å². The third-order valence-electron chi connectivity index (χ3n) is 16.4. The highest BCUT2D eigenvalue weighted by Crippen LogP contribution is 2.40. The van der Waals surface area contributed by atoms with Crippen LogP contribution in [0.15, 0.2) is 36.7 Å². The van der Waals surface area contributed by atoms with Crippen LogP contribution in [0.4, 0.5) is 0 Å². The van der Waals surface area contributed by atoms with Crippen LogP contribution in [-0.4, -0.2) is 202 Å². The second-order valence-electron chi connectivity index (χ2n) is 22.7. The molecule has 5 heterocycles. The van der Waals surface area contributed by atoms with Crippen LogP contribution in [0.1, 0.15) is 130 Å². The van der Waals surface area contributed by atoms with Gasteiger partial charge in [-0.05, 0) is 125 Å². The molecule has 0 spiro atoms. The Kier molecular flexibility index (Phi) is 20.7. The second kappa shape index (κ2) is 25.7. The maximum Gasteiger partial charge on any atom is 0.311 e. The molecule has 422 valence electrons. The number of methoxy groups -OCH3 is 1. The molecule has 75 heavy (non-hydrogen) atoms. The first-order chi connectivity index (χ1) is 35.3. The number of cyclic esters (lactones) is 1. The number of carbonyl (C=O) groups is 2. The highest BCUT2D eigenvalue weighted by atomic mass is 16.7. The number of unbranched alkanes of at least 4 members (excludes halogenated alkanes) is 1.